The number of aromatic nitrogens is 3. The fourth-order valence-corrected chi connectivity index (χ4v) is 4.86. The number of aliphatic carboxylic acids is 1. The first-order valence-electron chi connectivity index (χ1n) is 9.37. The Kier molecular flexibility index (Phi) is 4.23. The van der Waals surface area contributed by atoms with E-state index in [-0.39, 0.29) is 6.04 Å². The molecule has 4 rings (SSSR count). The molecule has 0 amide bonds. The van der Waals surface area contributed by atoms with Crippen molar-refractivity contribution in [2.24, 2.45) is 5.41 Å². The quantitative estimate of drug-likeness (QED) is 0.902. The highest BCUT2D eigenvalue weighted by Crippen LogP contribution is 2.42. The third-order valence-corrected chi connectivity index (χ3v) is 6.28. The van der Waals surface area contributed by atoms with Gasteiger partial charge in [-0.05, 0) is 59.3 Å². The van der Waals surface area contributed by atoms with Gasteiger partial charge in [-0.2, -0.15) is 5.10 Å². The van der Waals surface area contributed by atoms with Gasteiger partial charge in [0, 0.05) is 36.1 Å². The first kappa shape index (κ1) is 17.4. The van der Waals surface area contributed by atoms with Gasteiger partial charge in [-0.1, -0.05) is 0 Å². The summed E-state index contributed by atoms with van der Waals surface area (Å²) in [5.41, 5.74) is 3.50. The highest BCUT2D eigenvalue weighted by molar-refractivity contribution is 5.76. The lowest BCUT2D eigenvalue weighted by atomic mass is 9.68. The van der Waals surface area contributed by atoms with E-state index in [1.807, 2.05) is 30.6 Å². The Balaban J connectivity index is 1.58. The summed E-state index contributed by atoms with van der Waals surface area (Å²) in [4.78, 5) is 21.3. The van der Waals surface area contributed by atoms with Gasteiger partial charge >= 0.3 is 5.97 Å². The zero-order chi connectivity index (χ0) is 18.5. The van der Waals surface area contributed by atoms with Crippen LogP contribution in [0.3, 0.4) is 0 Å². The van der Waals surface area contributed by atoms with Crippen LogP contribution in [0.2, 0.25) is 0 Å². The summed E-state index contributed by atoms with van der Waals surface area (Å²) in [6.45, 7) is 7.37. The number of rotatable bonds is 3. The third kappa shape index (κ3) is 2.70. The number of fused-ring (bicyclic) bond motifs is 2. The maximum Gasteiger partial charge on any atom is 0.311 e. The predicted octanol–water partition coefficient (Wildman–Crippen LogP) is 1.72. The largest absolute Gasteiger partial charge is 0.481 e. The monoisotopic (exact) mass is 357 g/mol. The summed E-state index contributed by atoms with van der Waals surface area (Å²) in [6, 6.07) is 2.10. The van der Waals surface area contributed by atoms with E-state index < -0.39 is 11.4 Å². The zero-order valence-electron chi connectivity index (χ0n) is 15.8. The lowest BCUT2D eigenvalue weighted by molar-refractivity contribution is -0.162. The first-order chi connectivity index (χ1) is 12.4. The molecule has 0 radical (unpaired) electrons. The van der Waals surface area contributed by atoms with Crippen molar-refractivity contribution >= 4 is 11.6 Å². The van der Waals surface area contributed by atoms with Gasteiger partial charge in [0.15, 0.2) is 5.65 Å². The number of hydrogen-bond acceptors (Lipinski definition) is 5. The highest BCUT2D eigenvalue weighted by atomic mass is 16.4. The number of hydrogen-bond donors (Lipinski definition) is 1. The van der Waals surface area contributed by atoms with E-state index in [2.05, 4.69) is 26.9 Å². The number of nitrogens with zero attached hydrogens (tertiary/aromatic N) is 5. The number of carboxylic acid groups (broad SMARTS) is 1. The predicted molar refractivity (Wildman–Crippen MR) is 98.1 cm³/mol. The fraction of sp³-hybridized carbons (Fsp3) is 0.632. The molecule has 0 spiro atoms. The molecule has 0 aromatic carbocycles. The van der Waals surface area contributed by atoms with Crippen LogP contribution in [0.4, 0.5) is 0 Å². The van der Waals surface area contributed by atoms with Gasteiger partial charge in [-0.3, -0.25) is 9.69 Å². The topological polar surface area (TPSA) is 74.0 Å². The van der Waals surface area contributed by atoms with Crippen molar-refractivity contribution in [2.75, 3.05) is 26.7 Å². The van der Waals surface area contributed by atoms with E-state index >= 15 is 0 Å². The van der Waals surface area contributed by atoms with Crippen LogP contribution < -0.4 is 0 Å². The summed E-state index contributed by atoms with van der Waals surface area (Å²) in [5.74, 6) is -0.627. The van der Waals surface area contributed by atoms with Crippen molar-refractivity contribution in [1.82, 2.24) is 24.4 Å². The molecule has 0 aliphatic carbocycles. The molecule has 2 aromatic heterocycles. The van der Waals surface area contributed by atoms with Crippen LogP contribution in [-0.2, 0) is 11.3 Å². The molecule has 2 fully saturated rings. The standard InChI is InChI=1S/C19H27N5O2/c1-13-9-14(2)24-17(21-13)15(10-20-24)11-23-8-6-19(18(25)26)5-4-7-22(3)16(19)12-23/h9-10,16H,4-8,11-12H2,1-3H3,(H,25,26)/t16-,19+/m1/s1. The third-order valence-electron chi connectivity index (χ3n) is 6.28. The number of aryl methyl sites for hydroxylation is 2. The van der Waals surface area contributed by atoms with Crippen LogP contribution >= 0.6 is 0 Å². The second-order valence-electron chi connectivity index (χ2n) is 7.99. The molecular weight excluding hydrogens is 330 g/mol. The Bertz CT molecular complexity index is 848. The number of likely N-dealkylation sites (tertiary alicyclic amines) is 2. The van der Waals surface area contributed by atoms with Gasteiger partial charge < -0.3 is 10.0 Å². The Morgan fingerprint density at radius 3 is 2.92 bits per heavy atom. The Morgan fingerprint density at radius 2 is 2.15 bits per heavy atom. The van der Waals surface area contributed by atoms with Crippen LogP contribution in [0.15, 0.2) is 12.3 Å². The van der Waals surface area contributed by atoms with E-state index in [0.29, 0.717) is 6.42 Å². The van der Waals surface area contributed by atoms with Crippen molar-refractivity contribution in [3.63, 3.8) is 0 Å². The van der Waals surface area contributed by atoms with Crippen LogP contribution in [0, 0.1) is 19.3 Å². The van der Waals surface area contributed by atoms with Crippen molar-refractivity contribution in [3.05, 3.63) is 29.2 Å². The molecule has 1 N–H and O–H groups in total. The average molecular weight is 357 g/mol. The lowest BCUT2D eigenvalue weighted by Crippen LogP contribution is -2.62. The smallest absolute Gasteiger partial charge is 0.311 e. The molecule has 2 saturated heterocycles. The fourth-order valence-electron chi connectivity index (χ4n) is 4.86. The number of piperidine rings is 2. The van der Waals surface area contributed by atoms with Gasteiger partial charge in [0.2, 0.25) is 0 Å². The maximum atomic E-state index is 12.1. The molecule has 7 nitrogen and oxygen atoms in total. The van der Waals surface area contributed by atoms with Crippen LogP contribution in [-0.4, -0.2) is 68.2 Å². The van der Waals surface area contributed by atoms with Gasteiger partial charge in [-0.25, -0.2) is 9.50 Å². The molecule has 2 atom stereocenters. The van der Waals surface area contributed by atoms with Crippen molar-refractivity contribution in [1.29, 1.82) is 0 Å². The average Bonchev–Trinajstić information content (AvgIpc) is 2.98. The van der Waals surface area contributed by atoms with E-state index in [4.69, 9.17) is 0 Å². The summed E-state index contributed by atoms with van der Waals surface area (Å²) in [5, 5.41) is 14.4. The highest BCUT2D eigenvalue weighted by Gasteiger charge is 2.52. The number of likely N-dealkylation sites (N-methyl/N-ethyl adjacent to an activating group) is 1. The Hall–Kier alpha value is -1.99. The van der Waals surface area contributed by atoms with Crippen LogP contribution in [0.5, 0.6) is 0 Å². The minimum atomic E-state index is -0.627. The number of carboxylic acids is 1. The van der Waals surface area contributed by atoms with Crippen LogP contribution in [0.25, 0.3) is 5.65 Å². The molecule has 4 heterocycles. The van der Waals surface area contributed by atoms with Gasteiger partial charge in [0.1, 0.15) is 0 Å². The molecule has 140 valence electrons. The van der Waals surface area contributed by atoms with E-state index in [9.17, 15) is 9.90 Å². The van der Waals surface area contributed by atoms with Gasteiger partial charge in [-0.15, -0.1) is 0 Å². The molecular formula is C19H27N5O2. The zero-order valence-corrected chi connectivity index (χ0v) is 15.8. The summed E-state index contributed by atoms with van der Waals surface area (Å²) >= 11 is 0. The lowest BCUT2D eigenvalue weighted by Gasteiger charge is -2.51. The SMILES string of the molecule is Cc1cc(C)n2ncc(CN3CC[C@@]4(C(=O)O)CCCN(C)[C@@H]4C3)c2n1. The summed E-state index contributed by atoms with van der Waals surface area (Å²) in [6.07, 6.45) is 4.37. The molecule has 2 aliphatic rings. The maximum absolute atomic E-state index is 12.1. The van der Waals surface area contributed by atoms with Crippen molar-refractivity contribution in [3.8, 4) is 0 Å². The van der Waals surface area contributed by atoms with Gasteiger partial charge in [0.25, 0.3) is 0 Å². The Labute approximate surface area is 153 Å². The summed E-state index contributed by atoms with van der Waals surface area (Å²) in [7, 11) is 2.06. The molecule has 2 aliphatic heterocycles. The second kappa shape index (κ2) is 6.32. The number of carbonyl (C=O) groups is 1. The molecule has 2 aromatic rings. The van der Waals surface area contributed by atoms with Crippen LogP contribution in [0.1, 0.15) is 36.2 Å². The van der Waals surface area contributed by atoms with E-state index in [1.54, 1.807) is 0 Å². The second-order valence-corrected chi connectivity index (χ2v) is 7.99. The van der Waals surface area contributed by atoms with E-state index in [0.717, 1.165) is 61.6 Å². The van der Waals surface area contributed by atoms with E-state index in [1.165, 1.54) is 0 Å². The minimum absolute atomic E-state index is 0.0702. The normalized spacial score (nSPS) is 27.6. The molecule has 7 heteroatoms. The van der Waals surface area contributed by atoms with Gasteiger partial charge in [0.05, 0.1) is 11.6 Å². The molecule has 0 saturated carbocycles. The van der Waals surface area contributed by atoms with Crippen molar-refractivity contribution in [2.45, 2.75) is 45.7 Å². The molecule has 26 heavy (non-hydrogen) atoms. The molecule has 0 bridgehead atoms. The molecule has 0 unspecified atom stereocenters. The van der Waals surface area contributed by atoms with Crippen molar-refractivity contribution < 1.29 is 9.90 Å². The summed E-state index contributed by atoms with van der Waals surface area (Å²) < 4.78 is 1.89. The minimum Gasteiger partial charge on any atom is -0.481 e. The first-order valence-corrected chi connectivity index (χ1v) is 9.37. The Morgan fingerprint density at radius 1 is 1.35 bits per heavy atom.